The van der Waals surface area contributed by atoms with E-state index in [9.17, 15) is 19.7 Å². The maximum Gasteiger partial charge on any atom is 0.273 e. The number of nitro benzene ring substituents is 1. The first-order valence-corrected chi connectivity index (χ1v) is 9.89. The summed E-state index contributed by atoms with van der Waals surface area (Å²) in [6.45, 7) is 6.72. The summed E-state index contributed by atoms with van der Waals surface area (Å²) in [5.74, 6) is 0.00951. The number of fused-ring (bicyclic) bond motifs is 1. The van der Waals surface area contributed by atoms with Crippen molar-refractivity contribution in [3.8, 4) is 0 Å². The Labute approximate surface area is 166 Å². The van der Waals surface area contributed by atoms with Gasteiger partial charge in [0.05, 0.1) is 17.2 Å². The number of nitro groups is 1. The summed E-state index contributed by atoms with van der Waals surface area (Å²) < 4.78 is 0. The standard InChI is InChI=1S/C19H22N4O4S/c1-11(2)9-17(24)22-8-7-14-16(10-22)28-19(20-14)21-18(25)13-5-4-6-15(12(13)3)23(26)27/h4-6,11H,7-10H2,1-3H3,(H,20,21,25). The third kappa shape index (κ3) is 4.19. The van der Waals surface area contributed by atoms with Crippen molar-refractivity contribution in [2.24, 2.45) is 5.92 Å². The van der Waals surface area contributed by atoms with Gasteiger partial charge in [0.15, 0.2) is 5.13 Å². The highest BCUT2D eigenvalue weighted by Crippen LogP contribution is 2.30. The smallest absolute Gasteiger partial charge is 0.273 e. The number of anilines is 1. The fourth-order valence-corrected chi connectivity index (χ4v) is 4.19. The first kappa shape index (κ1) is 19.9. The van der Waals surface area contributed by atoms with Crippen molar-refractivity contribution in [3.63, 3.8) is 0 Å². The fraction of sp³-hybridized carbons (Fsp3) is 0.421. The molecule has 3 rings (SSSR count). The van der Waals surface area contributed by atoms with Gasteiger partial charge in [0.1, 0.15) is 0 Å². The second-order valence-corrected chi connectivity index (χ2v) is 8.30. The molecule has 1 aromatic carbocycles. The van der Waals surface area contributed by atoms with E-state index in [1.54, 1.807) is 13.0 Å². The van der Waals surface area contributed by atoms with Gasteiger partial charge in [-0.25, -0.2) is 4.98 Å². The van der Waals surface area contributed by atoms with E-state index in [1.807, 2.05) is 18.7 Å². The predicted molar refractivity (Wildman–Crippen MR) is 106 cm³/mol. The first-order chi connectivity index (χ1) is 13.3. The van der Waals surface area contributed by atoms with Crippen molar-refractivity contribution in [2.45, 2.75) is 40.2 Å². The van der Waals surface area contributed by atoms with Crippen LogP contribution in [0, 0.1) is 23.0 Å². The molecule has 9 heteroatoms. The van der Waals surface area contributed by atoms with Gasteiger partial charge < -0.3 is 4.90 Å². The Morgan fingerprint density at radius 3 is 2.82 bits per heavy atom. The molecule has 0 aliphatic carbocycles. The number of aromatic nitrogens is 1. The van der Waals surface area contributed by atoms with Crippen LogP contribution in [0.5, 0.6) is 0 Å². The summed E-state index contributed by atoms with van der Waals surface area (Å²) in [6, 6.07) is 4.42. The lowest BCUT2D eigenvalue weighted by molar-refractivity contribution is -0.385. The summed E-state index contributed by atoms with van der Waals surface area (Å²) in [7, 11) is 0. The second kappa shape index (κ2) is 8.05. The van der Waals surface area contributed by atoms with Gasteiger partial charge in [-0.1, -0.05) is 31.3 Å². The molecule has 0 bridgehead atoms. The number of hydrogen-bond donors (Lipinski definition) is 1. The summed E-state index contributed by atoms with van der Waals surface area (Å²) in [5.41, 5.74) is 1.36. The Hall–Kier alpha value is -2.81. The molecule has 1 N–H and O–H groups in total. The van der Waals surface area contributed by atoms with Crippen LogP contribution in [0.4, 0.5) is 10.8 Å². The van der Waals surface area contributed by atoms with E-state index in [0.29, 0.717) is 42.5 Å². The quantitative estimate of drug-likeness (QED) is 0.608. The molecule has 0 saturated heterocycles. The molecule has 2 aromatic rings. The molecule has 0 spiro atoms. The lowest BCUT2D eigenvalue weighted by Crippen LogP contribution is -2.36. The van der Waals surface area contributed by atoms with Gasteiger partial charge in [0.25, 0.3) is 11.6 Å². The highest BCUT2D eigenvalue weighted by Gasteiger charge is 2.25. The maximum atomic E-state index is 12.6. The van der Waals surface area contributed by atoms with Crippen LogP contribution in [0.3, 0.4) is 0 Å². The minimum Gasteiger partial charge on any atom is -0.337 e. The maximum absolute atomic E-state index is 12.6. The van der Waals surface area contributed by atoms with E-state index in [-0.39, 0.29) is 17.2 Å². The zero-order chi connectivity index (χ0) is 20.4. The van der Waals surface area contributed by atoms with Crippen molar-refractivity contribution < 1.29 is 14.5 Å². The molecule has 8 nitrogen and oxygen atoms in total. The Bertz CT molecular complexity index is 938. The summed E-state index contributed by atoms with van der Waals surface area (Å²) in [4.78, 5) is 42.7. The molecule has 0 atom stereocenters. The molecule has 148 valence electrons. The molecular formula is C19H22N4O4S. The zero-order valence-electron chi connectivity index (χ0n) is 16.0. The number of benzene rings is 1. The van der Waals surface area contributed by atoms with E-state index in [0.717, 1.165) is 10.6 Å². The largest absolute Gasteiger partial charge is 0.337 e. The number of nitrogens with zero attached hydrogens (tertiary/aromatic N) is 3. The van der Waals surface area contributed by atoms with E-state index < -0.39 is 10.8 Å². The number of carbonyl (C=O) groups excluding carboxylic acids is 2. The summed E-state index contributed by atoms with van der Waals surface area (Å²) >= 11 is 1.34. The third-order valence-corrected chi connectivity index (χ3v) is 5.63. The molecule has 28 heavy (non-hydrogen) atoms. The van der Waals surface area contributed by atoms with E-state index >= 15 is 0 Å². The van der Waals surface area contributed by atoms with Crippen LogP contribution in [-0.4, -0.2) is 33.2 Å². The average molecular weight is 402 g/mol. The molecule has 0 unspecified atom stereocenters. The van der Waals surface area contributed by atoms with E-state index in [4.69, 9.17) is 0 Å². The van der Waals surface area contributed by atoms with Gasteiger partial charge in [-0.15, -0.1) is 0 Å². The molecule has 2 amide bonds. The fourth-order valence-electron chi connectivity index (χ4n) is 3.17. The van der Waals surface area contributed by atoms with E-state index in [2.05, 4.69) is 10.3 Å². The van der Waals surface area contributed by atoms with Crippen LogP contribution >= 0.6 is 11.3 Å². The van der Waals surface area contributed by atoms with Gasteiger partial charge in [-0.05, 0) is 18.9 Å². The molecule has 2 heterocycles. The number of amides is 2. The lowest BCUT2D eigenvalue weighted by atomic mass is 10.1. The molecule has 0 fully saturated rings. The second-order valence-electron chi connectivity index (χ2n) is 7.21. The number of nitrogens with one attached hydrogen (secondary N) is 1. The molecule has 1 aliphatic heterocycles. The molecule has 0 radical (unpaired) electrons. The average Bonchev–Trinajstić information content (AvgIpc) is 3.02. The minimum absolute atomic E-state index is 0.0922. The number of carbonyl (C=O) groups is 2. The van der Waals surface area contributed by atoms with Gasteiger partial charge in [-0.2, -0.15) is 0 Å². The molecule has 1 aromatic heterocycles. The lowest BCUT2D eigenvalue weighted by Gasteiger charge is -2.26. The normalized spacial score (nSPS) is 13.4. The Kier molecular flexibility index (Phi) is 5.73. The Morgan fingerprint density at radius 1 is 1.39 bits per heavy atom. The van der Waals surface area contributed by atoms with Crippen molar-refractivity contribution in [3.05, 3.63) is 50.0 Å². The molecule has 1 aliphatic rings. The summed E-state index contributed by atoms with van der Waals surface area (Å²) in [5, 5.41) is 14.3. The van der Waals surface area contributed by atoms with Crippen LogP contribution in [0.25, 0.3) is 0 Å². The predicted octanol–water partition coefficient (Wildman–Crippen LogP) is 3.54. The van der Waals surface area contributed by atoms with Crippen molar-refractivity contribution in [2.75, 3.05) is 11.9 Å². The summed E-state index contributed by atoms with van der Waals surface area (Å²) in [6.07, 6.45) is 1.17. The Balaban J connectivity index is 1.73. The van der Waals surface area contributed by atoms with Crippen LogP contribution in [0.2, 0.25) is 0 Å². The number of hydrogen-bond acceptors (Lipinski definition) is 6. The minimum atomic E-state index is -0.503. The topological polar surface area (TPSA) is 105 Å². The van der Waals surface area contributed by atoms with Crippen molar-refractivity contribution in [1.29, 1.82) is 0 Å². The molecule has 0 saturated carbocycles. The highest BCUT2D eigenvalue weighted by atomic mass is 32.1. The van der Waals surface area contributed by atoms with Crippen molar-refractivity contribution >= 4 is 34.0 Å². The van der Waals surface area contributed by atoms with Gasteiger partial charge in [0.2, 0.25) is 5.91 Å². The number of thiazole rings is 1. The van der Waals surface area contributed by atoms with Crippen LogP contribution < -0.4 is 5.32 Å². The molecular weight excluding hydrogens is 380 g/mol. The van der Waals surface area contributed by atoms with Gasteiger partial charge in [0, 0.05) is 41.5 Å². The van der Waals surface area contributed by atoms with Crippen LogP contribution in [0.15, 0.2) is 18.2 Å². The SMILES string of the molecule is Cc1c(C(=O)Nc2nc3c(s2)CN(C(=O)CC(C)C)CC3)cccc1[N+](=O)[O-]. The monoisotopic (exact) mass is 402 g/mol. The van der Waals surface area contributed by atoms with Gasteiger partial charge >= 0.3 is 0 Å². The van der Waals surface area contributed by atoms with Crippen LogP contribution in [-0.2, 0) is 17.8 Å². The van der Waals surface area contributed by atoms with Crippen LogP contribution in [0.1, 0.15) is 46.8 Å². The first-order valence-electron chi connectivity index (χ1n) is 9.08. The van der Waals surface area contributed by atoms with E-state index in [1.165, 1.54) is 23.5 Å². The Morgan fingerprint density at radius 2 is 2.14 bits per heavy atom. The van der Waals surface area contributed by atoms with Gasteiger partial charge in [-0.3, -0.25) is 25.0 Å². The van der Waals surface area contributed by atoms with Crippen molar-refractivity contribution in [1.82, 2.24) is 9.88 Å². The zero-order valence-corrected chi connectivity index (χ0v) is 16.8. The third-order valence-electron chi connectivity index (χ3n) is 4.63. The number of rotatable bonds is 5. The highest BCUT2D eigenvalue weighted by molar-refractivity contribution is 7.15.